The molecular weight excluding hydrogens is 240 g/mol. The number of hydrogen-bond donors (Lipinski definition) is 1. The summed E-state index contributed by atoms with van der Waals surface area (Å²) in [6, 6.07) is 8.48. The Morgan fingerprint density at radius 3 is 2.89 bits per heavy atom. The molecule has 1 heterocycles. The van der Waals surface area contributed by atoms with Gasteiger partial charge in [-0.25, -0.2) is 0 Å². The zero-order chi connectivity index (χ0) is 13.3. The molecular formula is C15H18N2O2. The maximum absolute atomic E-state index is 8.78. The van der Waals surface area contributed by atoms with E-state index in [0.717, 1.165) is 24.6 Å². The molecule has 1 unspecified atom stereocenters. The molecule has 0 amide bonds. The minimum absolute atomic E-state index is 0.0625. The van der Waals surface area contributed by atoms with E-state index in [4.69, 9.17) is 14.7 Å². The summed E-state index contributed by atoms with van der Waals surface area (Å²) in [5.41, 5.74) is 1.55. The van der Waals surface area contributed by atoms with E-state index >= 15 is 0 Å². The number of benzene rings is 1. The Kier molecular flexibility index (Phi) is 3.08. The van der Waals surface area contributed by atoms with Crippen molar-refractivity contribution >= 4 is 0 Å². The maximum atomic E-state index is 8.78. The van der Waals surface area contributed by atoms with Gasteiger partial charge in [-0.2, -0.15) is 5.26 Å². The molecule has 1 aromatic carbocycles. The monoisotopic (exact) mass is 258 g/mol. The van der Waals surface area contributed by atoms with E-state index in [9.17, 15) is 0 Å². The minimum atomic E-state index is 0.0625. The van der Waals surface area contributed by atoms with Gasteiger partial charge in [0, 0.05) is 18.5 Å². The molecule has 19 heavy (non-hydrogen) atoms. The molecule has 0 saturated heterocycles. The fourth-order valence-corrected chi connectivity index (χ4v) is 2.52. The van der Waals surface area contributed by atoms with Crippen molar-refractivity contribution in [3.63, 3.8) is 0 Å². The van der Waals surface area contributed by atoms with Gasteiger partial charge >= 0.3 is 0 Å². The number of nitriles is 1. The van der Waals surface area contributed by atoms with Gasteiger partial charge in [0.1, 0.15) is 0 Å². The van der Waals surface area contributed by atoms with Gasteiger partial charge in [-0.15, -0.1) is 0 Å². The van der Waals surface area contributed by atoms with E-state index in [-0.39, 0.29) is 11.3 Å². The molecule has 1 atom stereocenters. The topological polar surface area (TPSA) is 54.3 Å². The molecule has 1 aliphatic carbocycles. The van der Waals surface area contributed by atoms with Crippen LogP contribution in [0.4, 0.5) is 0 Å². The van der Waals surface area contributed by atoms with Crippen molar-refractivity contribution in [2.75, 3.05) is 19.9 Å². The smallest absolute Gasteiger partial charge is 0.231 e. The molecule has 0 bridgehead atoms. The summed E-state index contributed by atoms with van der Waals surface area (Å²) in [5.74, 6) is 1.76. The Balaban J connectivity index is 1.66. The van der Waals surface area contributed by atoms with E-state index in [1.54, 1.807) is 0 Å². The maximum Gasteiger partial charge on any atom is 0.231 e. The van der Waals surface area contributed by atoms with Gasteiger partial charge in [0.15, 0.2) is 11.5 Å². The Morgan fingerprint density at radius 2 is 2.16 bits per heavy atom. The second-order valence-electron chi connectivity index (χ2n) is 5.51. The molecule has 2 aliphatic rings. The predicted molar refractivity (Wildman–Crippen MR) is 71.1 cm³/mol. The molecule has 1 saturated carbocycles. The lowest BCUT2D eigenvalue weighted by Crippen LogP contribution is -2.30. The Morgan fingerprint density at radius 1 is 1.37 bits per heavy atom. The van der Waals surface area contributed by atoms with Gasteiger partial charge in [0.2, 0.25) is 6.79 Å². The van der Waals surface area contributed by atoms with Crippen LogP contribution in [0.5, 0.6) is 11.5 Å². The first-order valence-electron chi connectivity index (χ1n) is 6.74. The SMILES string of the molecule is CC(C#N)CNCC1(c2ccc3c(c2)OCO3)CC1. The molecule has 0 radical (unpaired) electrons. The highest BCUT2D eigenvalue weighted by Crippen LogP contribution is 2.49. The summed E-state index contributed by atoms with van der Waals surface area (Å²) >= 11 is 0. The number of hydrogen-bond acceptors (Lipinski definition) is 4. The van der Waals surface area contributed by atoms with Crippen LogP contribution in [0.1, 0.15) is 25.3 Å². The van der Waals surface area contributed by atoms with Crippen LogP contribution < -0.4 is 14.8 Å². The summed E-state index contributed by atoms with van der Waals surface area (Å²) in [5, 5.41) is 12.2. The zero-order valence-corrected chi connectivity index (χ0v) is 11.1. The molecule has 0 aromatic heterocycles. The summed E-state index contributed by atoms with van der Waals surface area (Å²) in [7, 11) is 0. The highest BCUT2D eigenvalue weighted by molar-refractivity contribution is 5.48. The van der Waals surface area contributed by atoms with Gasteiger partial charge in [-0.3, -0.25) is 0 Å². The quantitative estimate of drug-likeness (QED) is 0.879. The lowest BCUT2D eigenvalue weighted by Gasteiger charge is -2.17. The molecule has 4 nitrogen and oxygen atoms in total. The van der Waals surface area contributed by atoms with Gasteiger partial charge < -0.3 is 14.8 Å². The Bertz CT molecular complexity index is 517. The van der Waals surface area contributed by atoms with Crippen molar-refractivity contribution in [3.05, 3.63) is 23.8 Å². The van der Waals surface area contributed by atoms with Crippen molar-refractivity contribution in [1.29, 1.82) is 5.26 Å². The first-order chi connectivity index (χ1) is 9.23. The molecule has 1 aliphatic heterocycles. The van der Waals surface area contributed by atoms with Gasteiger partial charge in [-0.1, -0.05) is 6.07 Å². The van der Waals surface area contributed by atoms with E-state index < -0.39 is 0 Å². The summed E-state index contributed by atoms with van der Waals surface area (Å²) in [6.07, 6.45) is 2.39. The second-order valence-corrected chi connectivity index (χ2v) is 5.51. The van der Waals surface area contributed by atoms with Gasteiger partial charge in [0.05, 0.1) is 12.0 Å². The van der Waals surface area contributed by atoms with E-state index in [1.807, 2.05) is 13.0 Å². The third-order valence-corrected chi connectivity index (χ3v) is 3.97. The van der Waals surface area contributed by atoms with Crippen LogP contribution >= 0.6 is 0 Å². The van der Waals surface area contributed by atoms with Crippen LogP contribution in [-0.4, -0.2) is 19.9 Å². The normalized spacial score (nSPS) is 19.8. The lowest BCUT2D eigenvalue weighted by atomic mass is 9.95. The first kappa shape index (κ1) is 12.3. The highest BCUT2D eigenvalue weighted by Gasteiger charge is 2.44. The minimum Gasteiger partial charge on any atom is -0.454 e. The molecule has 1 N–H and O–H groups in total. The van der Waals surface area contributed by atoms with Gasteiger partial charge in [0.25, 0.3) is 0 Å². The second kappa shape index (κ2) is 4.75. The van der Waals surface area contributed by atoms with Crippen LogP contribution in [0.25, 0.3) is 0 Å². The fraction of sp³-hybridized carbons (Fsp3) is 0.533. The third kappa shape index (κ3) is 2.39. The van der Waals surface area contributed by atoms with Crippen molar-refractivity contribution in [2.45, 2.75) is 25.2 Å². The number of rotatable bonds is 5. The molecule has 100 valence electrons. The third-order valence-electron chi connectivity index (χ3n) is 3.97. The van der Waals surface area contributed by atoms with Crippen LogP contribution in [0.3, 0.4) is 0 Å². The van der Waals surface area contributed by atoms with E-state index in [0.29, 0.717) is 6.79 Å². The van der Waals surface area contributed by atoms with Crippen LogP contribution in [0.2, 0.25) is 0 Å². The fourth-order valence-electron chi connectivity index (χ4n) is 2.52. The number of nitrogens with zero attached hydrogens (tertiary/aromatic N) is 1. The van der Waals surface area contributed by atoms with E-state index in [1.165, 1.54) is 18.4 Å². The van der Waals surface area contributed by atoms with Crippen molar-refractivity contribution in [1.82, 2.24) is 5.32 Å². The van der Waals surface area contributed by atoms with Crippen molar-refractivity contribution in [3.8, 4) is 17.6 Å². The van der Waals surface area contributed by atoms with Crippen LogP contribution in [0, 0.1) is 17.2 Å². The first-order valence-corrected chi connectivity index (χ1v) is 6.74. The predicted octanol–water partition coefficient (Wildman–Crippen LogP) is 2.20. The standard InChI is InChI=1S/C15H18N2O2/c1-11(7-16)8-17-9-15(4-5-15)12-2-3-13-14(6-12)19-10-18-13/h2-3,6,11,17H,4-5,8-10H2,1H3. The Labute approximate surface area is 113 Å². The van der Waals surface area contributed by atoms with Crippen LogP contribution in [0.15, 0.2) is 18.2 Å². The number of fused-ring (bicyclic) bond motifs is 1. The largest absolute Gasteiger partial charge is 0.454 e. The molecule has 0 spiro atoms. The highest BCUT2D eigenvalue weighted by atomic mass is 16.7. The summed E-state index contributed by atoms with van der Waals surface area (Å²) in [4.78, 5) is 0. The average molecular weight is 258 g/mol. The van der Waals surface area contributed by atoms with Crippen molar-refractivity contribution in [2.24, 2.45) is 5.92 Å². The average Bonchev–Trinajstić information content (AvgIpc) is 3.07. The molecule has 1 fully saturated rings. The molecule has 1 aromatic rings. The summed E-state index contributed by atoms with van der Waals surface area (Å²) in [6.45, 7) is 3.94. The number of nitrogens with one attached hydrogen (secondary N) is 1. The summed E-state index contributed by atoms with van der Waals surface area (Å²) < 4.78 is 10.8. The number of ether oxygens (including phenoxy) is 2. The molecule has 4 heteroatoms. The van der Waals surface area contributed by atoms with E-state index in [2.05, 4.69) is 23.5 Å². The lowest BCUT2D eigenvalue weighted by molar-refractivity contribution is 0.174. The van der Waals surface area contributed by atoms with Crippen LogP contribution in [-0.2, 0) is 5.41 Å². The molecule has 3 rings (SSSR count). The van der Waals surface area contributed by atoms with Crippen molar-refractivity contribution < 1.29 is 9.47 Å². The van der Waals surface area contributed by atoms with Gasteiger partial charge in [-0.05, 0) is 37.5 Å². The zero-order valence-electron chi connectivity index (χ0n) is 11.1. The Hall–Kier alpha value is -1.73.